The van der Waals surface area contributed by atoms with Crippen LogP contribution in [0.2, 0.25) is 0 Å². The van der Waals surface area contributed by atoms with Crippen LogP contribution in [-0.4, -0.2) is 44.5 Å². The lowest BCUT2D eigenvalue weighted by Gasteiger charge is -2.42. The topological polar surface area (TPSA) is 88.1 Å². The summed E-state index contributed by atoms with van der Waals surface area (Å²) < 4.78 is 79.9. The predicted molar refractivity (Wildman–Crippen MR) is 79.5 cm³/mol. The first-order valence-electron chi connectivity index (χ1n) is 7.13. The third-order valence-electron chi connectivity index (χ3n) is 3.15. The van der Waals surface area contributed by atoms with Gasteiger partial charge in [-0.15, -0.1) is 0 Å². The lowest BCUT2D eigenvalue weighted by Crippen LogP contribution is -2.54. The van der Waals surface area contributed by atoms with E-state index in [0.717, 1.165) is 0 Å². The fourth-order valence-electron chi connectivity index (χ4n) is 1.71. The van der Waals surface area contributed by atoms with Gasteiger partial charge in [0.1, 0.15) is 11.4 Å². The smallest absolute Gasteiger partial charge is 0.459 e. The first-order valence-corrected chi connectivity index (χ1v) is 8.54. The molecule has 0 atom stereocenters. The van der Waals surface area contributed by atoms with E-state index < -0.39 is 57.4 Å². The average Bonchev–Trinajstić information content (AvgIpc) is 2.34. The molecular formula is C14H21F3O7S. The zero-order valence-corrected chi connectivity index (χ0v) is 15.3. The summed E-state index contributed by atoms with van der Waals surface area (Å²) in [5.74, 6) is -3.19. The number of hydrogen-bond donors (Lipinski definition) is 0. The first-order chi connectivity index (χ1) is 10.9. The molecular weight excluding hydrogens is 369 g/mol. The van der Waals surface area contributed by atoms with Crippen LogP contribution in [0.25, 0.3) is 0 Å². The SMILES string of the molecule is C=C(OS(=O)(=O)C(F)(F)F)C1(C(=O)OC(C)(C)C)COC(C)(C)OC1. The summed E-state index contributed by atoms with van der Waals surface area (Å²) in [6.45, 7) is 9.76. The third-order valence-corrected chi connectivity index (χ3v) is 4.14. The van der Waals surface area contributed by atoms with Crippen molar-refractivity contribution in [1.82, 2.24) is 0 Å². The van der Waals surface area contributed by atoms with Crippen LogP contribution >= 0.6 is 0 Å². The molecule has 7 nitrogen and oxygen atoms in total. The molecule has 0 aliphatic carbocycles. The monoisotopic (exact) mass is 390 g/mol. The van der Waals surface area contributed by atoms with Crippen LogP contribution in [0.4, 0.5) is 13.2 Å². The quantitative estimate of drug-likeness (QED) is 0.315. The van der Waals surface area contributed by atoms with Gasteiger partial charge in [0.05, 0.1) is 13.2 Å². The second-order valence-electron chi connectivity index (χ2n) is 6.97. The molecule has 0 unspecified atom stereocenters. The maximum absolute atomic E-state index is 12.5. The van der Waals surface area contributed by atoms with Gasteiger partial charge >= 0.3 is 21.6 Å². The number of alkyl halides is 3. The van der Waals surface area contributed by atoms with E-state index in [1.165, 1.54) is 34.6 Å². The van der Waals surface area contributed by atoms with Crippen molar-refractivity contribution >= 4 is 16.1 Å². The van der Waals surface area contributed by atoms with E-state index >= 15 is 0 Å². The lowest BCUT2D eigenvalue weighted by atomic mass is 9.86. The highest BCUT2D eigenvalue weighted by molar-refractivity contribution is 7.87. The molecule has 0 spiro atoms. The van der Waals surface area contributed by atoms with E-state index in [-0.39, 0.29) is 0 Å². The van der Waals surface area contributed by atoms with Crippen LogP contribution in [0, 0.1) is 5.41 Å². The Labute approximate surface area is 144 Å². The molecule has 0 aromatic heterocycles. The maximum Gasteiger partial charge on any atom is 0.534 e. The number of carbonyl (C=O) groups is 1. The van der Waals surface area contributed by atoms with Gasteiger partial charge in [-0.2, -0.15) is 21.6 Å². The van der Waals surface area contributed by atoms with Crippen LogP contribution in [-0.2, 0) is 33.3 Å². The molecule has 25 heavy (non-hydrogen) atoms. The number of carbonyl (C=O) groups excluding carboxylic acids is 1. The Kier molecular flexibility index (Phi) is 5.59. The zero-order valence-electron chi connectivity index (χ0n) is 14.5. The molecule has 1 aliphatic heterocycles. The largest absolute Gasteiger partial charge is 0.534 e. The Balaban J connectivity index is 3.20. The van der Waals surface area contributed by atoms with Crippen molar-refractivity contribution < 1.29 is 44.8 Å². The van der Waals surface area contributed by atoms with Crippen molar-refractivity contribution in [3.8, 4) is 0 Å². The van der Waals surface area contributed by atoms with Crippen molar-refractivity contribution in [2.75, 3.05) is 13.2 Å². The van der Waals surface area contributed by atoms with Crippen molar-refractivity contribution in [2.45, 2.75) is 51.5 Å². The summed E-state index contributed by atoms with van der Waals surface area (Å²) in [4.78, 5) is 12.5. The normalized spacial score (nSPS) is 20.6. The molecule has 0 aromatic rings. The van der Waals surface area contributed by atoms with Gasteiger partial charge in [-0.25, -0.2) is 0 Å². The van der Waals surface area contributed by atoms with Crippen LogP contribution in [0.1, 0.15) is 34.6 Å². The zero-order chi connectivity index (χ0) is 19.9. The molecule has 1 aliphatic rings. The van der Waals surface area contributed by atoms with Crippen molar-refractivity contribution in [1.29, 1.82) is 0 Å². The third kappa shape index (κ3) is 5.08. The molecule has 1 heterocycles. The molecule has 0 amide bonds. The summed E-state index contributed by atoms with van der Waals surface area (Å²) in [5, 5.41) is 0. The number of halogens is 3. The molecule has 0 bridgehead atoms. The summed E-state index contributed by atoms with van der Waals surface area (Å²) >= 11 is 0. The minimum Gasteiger partial charge on any atom is -0.459 e. The lowest BCUT2D eigenvalue weighted by molar-refractivity contribution is -0.282. The maximum atomic E-state index is 12.5. The Morgan fingerprint density at radius 1 is 1.12 bits per heavy atom. The predicted octanol–water partition coefficient (Wildman–Crippen LogP) is 2.48. The van der Waals surface area contributed by atoms with E-state index in [1.807, 2.05) is 0 Å². The molecule has 0 N–H and O–H groups in total. The summed E-state index contributed by atoms with van der Waals surface area (Å²) in [5.41, 5.74) is -8.75. The fraction of sp³-hybridized carbons (Fsp3) is 0.786. The Morgan fingerprint density at radius 2 is 1.56 bits per heavy atom. The van der Waals surface area contributed by atoms with Crippen LogP contribution in [0.15, 0.2) is 12.3 Å². The minimum atomic E-state index is -6.01. The van der Waals surface area contributed by atoms with E-state index in [0.29, 0.717) is 0 Å². The molecule has 1 saturated heterocycles. The molecule has 1 fully saturated rings. The van der Waals surface area contributed by atoms with Gasteiger partial charge in [-0.1, -0.05) is 6.58 Å². The van der Waals surface area contributed by atoms with Crippen LogP contribution in [0.5, 0.6) is 0 Å². The Hall–Kier alpha value is -1.33. The molecule has 146 valence electrons. The average molecular weight is 390 g/mol. The standard InChI is InChI=1S/C14H21F3O7S/c1-9(24-25(19,20)14(15,16)17)13(10(18)23-11(2,3)4)7-21-12(5,6)22-8-13/h1,7-8H2,2-6H3. The second kappa shape index (κ2) is 6.44. The number of rotatable bonds is 4. The van der Waals surface area contributed by atoms with Crippen LogP contribution < -0.4 is 0 Å². The number of esters is 1. The molecule has 0 radical (unpaired) electrons. The molecule has 11 heteroatoms. The van der Waals surface area contributed by atoms with Gasteiger partial charge in [0.2, 0.25) is 0 Å². The van der Waals surface area contributed by atoms with Crippen molar-refractivity contribution in [3.05, 3.63) is 12.3 Å². The van der Waals surface area contributed by atoms with Gasteiger partial charge in [-0.3, -0.25) is 4.79 Å². The van der Waals surface area contributed by atoms with Gasteiger partial charge < -0.3 is 18.4 Å². The molecule has 0 aromatic carbocycles. The number of hydrogen-bond acceptors (Lipinski definition) is 7. The van der Waals surface area contributed by atoms with Crippen molar-refractivity contribution in [2.24, 2.45) is 5.41 Å². The van der Waals surface area contributed by atoms with E-state index in [2.05, 4.69) is 10.8 Å². The van der Waals surface area contributed by atoms with Gasteiger partial charge in [0.25, 0.3) is 0 Å². The van der Waals surface area contributed by atoms with E-state index in [9.17, 15) is 26.4 Å². The van der Waals surface area contributed by atoms with Gasteiger partial charge in [0.15, 0.2) is 11.2 Å². The van der Waals surface area contributed by atoms with Gasteiger partial charge in [0, 0.05) is 0 Å². The van der Waals surface area contributed by atoms with E-state index in [4.69, 9.17) is 14.2 Å². The van der Waals surface area contributed by atoms with Crippen molar-refractivity contribution in [3.63, 3.8) is 0 Å². The minimum absolute atomic E-state index is 0.527. The fourth-order valence-corrected chi connectivity index (χ4v) is 2.22. The highest BCUT2D eigenvalue weighted by Crippen LogP contribution is 2.40. The van der Waals surface area contributed by atoms with Gasteiger partial charge in [-0.05, 0) is 34.6 Å². The number of ether oxygens (including phenoxy) is 3. The Morgan fingerprint density at radius 3 is 1.92 bits per heavy atom. The summed E-state index contributed by atoms with van der Waals surface area (Å²) in [7, 11) is -6.01. The van der Waals surface area contributed by atoms with E-state index in [1.54, 1.807) is 0 Å². The highest BCUT2D eigenvalue weighted by Gasteiger charge is 2.56. The highest BCUT2D eigenvalue weighted by atomic mass is 32.2. The summed E-state index contributed by atoms with van der Waals surface area (Å²) in [6.07, 6.45) is 0. The second-order valence-corrected chi connectivity index (χ2v) is 8.51. The first kappa shape index (κ1) is 21.7. The molecule has 0 saturated carbocycles. The summed E-state index contributed by atoms with van der Waals surface area (Å²) in [6, 6.07) is 0. The molecule has 1 rings (SSSR count). The van der Waals surface area contributed by atoms with Crippen LogP contribution in [0.3, 0.4) is 0 Å². The Bertz CT molecular complexity index is 634.